The molecule has 0 atom stereocenters. The molecule has 0 amide bonds. The molecular weight excluding hydrogens is 377 g/mol. The minimum atomic E-state index is -0.285. The predicted octanol–water partition coefficient (Wildman–Crippen LogP) is 4.63. The third-order valence-electron chi connectivity index (χ3n) is 4.49. The van der Waals surface area contributed by atoms with Gasteiger partial charge in [-0.05, 0) is 37.1 Å². The minimum Gasteiger partial charge on any atom is -0.339 e. The van der Waals surface area contributed by atoms with E-state index in [2.05, 4.69) is 20.3 Å². The molecule has 0 aliphatic heterocycles. The van der Waals surface area contributed by atoms with Crippen LogP contribution in [0.25, 0.3) is 17.1 Å². The molecule has 0 bridgehead atoms. The SMILES string of the molecule is Fc1ccc(-n2c(SCc3noc(C4CC4)n3)nnc2-c2ccccc2)cc1. The summed E-state index contributed by atoms with van der Waals surface area (Å²) in [5.74, 6) is 2.72. The molecule has 0 radical (unpaired) electrons. The molecule has 1 saturated carbocycles. The van der Waals surface area contributed by atoms with Crippen molar-refractivity contribution >= 4 is 11.8 Å². The number of halogens is 1. The Morgan fingerprint density at radius 2 is 1.82 bits per heavy atom. The summed E-state index contributed by atoms with van der Waals surface area (Å²) in [7, 11) is 0. The van der Waals surface area contributed by atoms with Crippen molar-refractivity contribution < 1.29 is 8.91 Å². The second-order valence-electron chi connectivity index (χ2n) is 6.60. The summed E-state index contributed by atoms with van der Waals surface area (Å²) in [6, 6.07) is 16.1. The number of hydrogen-bond donors (Lipinski definition) is 0. The fourth-order valence-electron chi connectivity index (χ4n) is 2.91. The second-order valence-corrected chi connectivity index (χ2v) is 7.54. The predicted molar refractivity (Wildman–Crippen MR) is 103 cm³/mol. The monoisotopic (exact) mass is 393 g/mol. The zero-order valence-corrected chi connectivity index (χ0v) is 15.6. The third-order valence-corrected chi connectivity index (χ3v) is 5.42. The van der Waals surface area contributed by atoms with Gasteiger partial charge in [0.2, 0.25) is 5.89 Å². The largest absolute Gasteiger partial charge is 0.339 e. The lowest BCUT2D eigenvalue weighted by molar-refractivity contribution is 0.375. The van der Waals surface area contributed by atoms with Gasteiger partial charge in [-0.15, -0.1) is 10.2 Å². The van der Waals surface area contributed by atoms with E-state index in [1.165, 1.54) is 23.9 Å². The van der Waals surface area contributed by atoms with Gasteiger partial charge in [0.1, 0.15) is 5.82 Å². The molecule has 4 aromatic rings. The lowest BCUT2D eigenvalue weighted by Gasteiger charge is -2.10. The van der Waals surface area contributed by atoms with Crippen molar-refractivity contribution in [1.29, 1.82) is 0 Å². The van der Waals surface area contributed by atoms with Gasteiger partial charge in [0, 0.05) is 17.2 Å². The van der Waals surface area contributed by atoms with Crippen LogP contribution in [0.3, 0.4) is 0 Å². The molecule has 6 nitrogen and oxygen atoms in total. The number of hydrogen-bond acceptors (Lipinski definition) is 6. The van der Waals surface area contributed by atoms with Crippen LogP contribution < -0.4 is 0 Å². The number of nitrogens with zero attached hydrogens (tertiary/aromatic N) is 5. The normalized spacial score (nSPS) is 13.8. The quantitative estimate of drug-likeness (QED) is 0.445. The van der Waals surface area contributed by atoms with Gasteiger partial charge in [0.15, 0.2) is 16.8 Å². The van der Waals surface area contributed by atoms with Crippen LogP contribution in [0.15, 0.2) is 64.3 Å². The van der Waals surface area contributed by atoms with Crippen LogP contribution in [0, 0.1) is 5.82 Å². The van der Waals surface area contributed by atoms with E-state index in [9.17, 15) is 4.39 Å². The van der Waals surface area contributed by atoms with E-state index in [0.717, 1.165) is 30.0 Å². The summed E-state index contributed by atoms with van der Waals surface area (Å²) in [6.07, 6.45) is 2.24. The lowest BCUT2D eigenvalue weighted by atomic mass is 10.2. The molecule has 0 unspecified atom stereocenters. The molecule has 2 aromatic heterocycles. The molecule has 0 N–H and O–H groups in total. The second kappa shape index (κ2) is 7.20. The van der Waals surface area contributed by atoms with E-state index in [1.54, 1.807) is 12.1 Å². The van der Waals surface area contributed by atoms with E-state index in [1.807, 2.05) is 34.9 Å². The van der Waals surface area contributed by atoms with E-state index < -0.39 is 0 Å². The van der Waals surface area contributed by atoms with E-state index in [4.69, 9.17) is 4.52 Å². The molecule has 5 rings (SSSR count). The summed E-state index contributed by atoms with van der Waals surface area (Å²) < 4.78 is 20.7. The Kier molecular flexibility index (Phi) is 4.40. The molecule has 1 fully saturated rings. The van der Waals surface area contributed by atoms with Gasteiger partial charge < -0.3 is 4.52 Å². The first-order chi connectivity index (χ1) is 13.8. The van der Waals surface area contributed by atoms with E-state index >= 15 is 0 Å². The smallest absolute Gasteiger partial charge is 0.229 e. The van der Waals surface area contributed by atoms with Gasteiger partial charge in [-0.2, -0.15) is 4.98 Å². The van der Waals surface area contributed by atoms with E-state index in [-0.39, 0.29) is 5.82 Å². The first kappa shape index (κ1) is 17.1. The van der Waals surface area contributed by atoms with Crippen LogP contribution in [-0.4, -0.2) is 24.9 Å². The molecule has 8 heteroatoms. The van der Waals surface area contributed by atoms with Crippen LogP contribution >= 0.6 is 11.8 Å². The Morgan fingerprint density at radius 3 is 2.57 bits per heavy atom. The van der Waals surface area contributed by atoms with Crippen molar-refractivity contribution in [3.63, 3.8) is 0 Å². The number of aromatic nitrogens is 5. The van der Waals surface area contributed by atoms with Crippen LogP contribution in [0.2, 0.25) is 0 Å². The van der Waals surface area contributed by atoms with Crippen LogP contribution in [0.5, 0.6) is 0 Å². The van der Waals surface area contributed by atoms with Crippen LogP contribution in [-0.2, 0) is 5.75 Å². The number of thioether (sulfide) groups is 1. The van der Waals surface area contributed by atoms with E-state index in [0.29, 0.717) is 28.5 Å². The molecule has 2 heterocycles. The van der Waals surface area contributed by atoms with Crippen molar-refractivity contribution in [2.24, 2.45) is 0 Å². The minimum absolute atomic E-state index is 0.285. The fourth-order valence-corrected chi connectivity index (χ4v) is 3.71. The number of benzene rings is 2. The fraction of sp³-hybridized carbons (Fsp3) is 0.200. The topological polar surface area (TPSA) is 69.6 Å². The molecule has 1 aliphatic carbocycles. The maximum atomic E-state index is 13.4. The van der Waals surface area contributed by atoms with Crippen molar-refractivity contribution in [2.75, 3.05) is 0 Å². The highest BCUT2D eigenvalue weighted by molar-refractivity contribution is 7.98. The van der Waals surface area contributed by atoms with Gasteiger partial charge in [0.25, 0.3) is 0 Å². The van der Waals surface area contributed by atoms with Crippen LogP contribution in [0.4, 0.5) is 4.39 Å². The highest BCUT2D eigenvalue weighted by Crippen LogP contribution is 2.39. The molecule has 1 aliphatic rings. The summed E-state index contributed by atoms with van der Waals surface area (Å²) in [5.41, 5.74) is 1.72. The standard InChI is InChI=1S/C20H16FN5OS/c21-15-8-10-16(11-9-15)26-18(13-4-2-1-3-5-13)23-24-20(26)28-12-17-22-19(27-25-17)14-6-7-14/h1-5,8-11,14H,6-7,12H2. The Morgan fingerprint density at radius 1 is 1.04 bits per heavy atom. The summed E-state index contributed by atoms with van der Waals surface area (Å²) in [4.78, 5) is 4.46. The summed E-state index contributed by atoms with van der Waals surface area (Å²) >= 11 is 1.47. The highest BCUT2D eigenvalue weighted by atomic mass is 32.2. The molecule has 140 valence electrons. The average Bonchev–Trinajstić information content (AvgIpc) is 3.32. The van der Waals surface area contributed by atoms with Crippen molar-refractivity contribution in [3.8, 4) is 17.1 Å². The third kappa shape index (κ3) is 3.43. The summed E-state index contributed by atoms with van der Waals surface area (Å²) in [6.45, 7) is 0. The molecule has 2 aromatic carbocycles. The lowest BCUT2D eigenvalue weighted by Crippen LogP contribution is -2.00. The zero-order chi connectivity index (χ0) is 18.9. The van der Waals surface area contributed by atoms with Crippen LogP contribution in [0.1, 0.15) is 30.5 Å². The Hall–Kier alpha value is -3.00. The Bertz CT molecular complexity index is 1090. The summed E-state index contributed by atoms with van der Waals surface area (Å²) in [5, 5.41) is 13.5. The molecule has 0 spiro atoms. The van der Waals surface area contributed by atoms with Gasteiger partial charge in [-0.25, -0.2) is 4.39 Å². The first-order valence-corrected chi connectivity index (χ1v) is 9.98. The van der Waals surface area contributed by atoms with Gasteiger partial charge in [-0.3, -0.25) is 4.57 Å². The number of rotatable bonds is 6. The Labute approximate surface area is 164 Å². The van der Waals surface area contributed by atoms with Crippen molar-refractivity contribution in [3.05, 3.63) is 72.1 Å². The molecular formula is C20H16FN5OS. The molecule has 0 saturated heterocycles. The maximum absolute atomic E-state index is 13.4. The van der Waals surface area contributed by atoms with Gasteiger partial charge in [-0.1, -0.05) is 47.3 Å². The first-order valence-electron chi connectivity index (χ1n) is 9.00. The average molecular weight is 393 g/mol. The van der Waals surface area contributed by atoms with Gasteiger partial charge in [0.05, 0.1) is 5.75 Å². The zero-order valence-electron chi connectivity index (χ0n) is 14.8. The Balaban J connectivity index is 1.47. The highest BCUT2D eigenvalue weighted by Gasteiger charge is 2.29. The van der Waals surface area contributed by atoms with Gasteiger partial charge >= 0.3 is 0 Å². The maximum Gasteiger partial charge on any atom is 0.229 e. The van der Waals surface area contributed by atoms with Crippen molar-refractivity contribution in [2.45, 2.75) is 29.7 Å². The molecule has 28 heavy (non-hydrogen) atoms. The van der Waals surface area contributed by atoms with Crippen molar-refractivity contribution in [1.82, 2.24) is 24.9 Å².